The number of aliphatic hydroxyl groups is 1. The SMILES string of the molecule is C=CC(=O)Nc1cc(N2C[C@H](CS(C)(=O)=O)[C@H]2C)c2cnc(Nc3ccnc(N4CC[C@@H](OCCO)[C@@H](F)C4)c3)nc2c1C(C)C. The van der Waals surface area contributed by atoms with Crippen molar-refractivity contribution >= 4 is 55.5 Å². The standard InChI is InChI=1S/C32H42FN7O5S/c1-6-29(42)37-25-14-26(40-16-21(20(40)4)18-46(5,43)44)23-15-35-32(38-31(23)30(25)19(2)3)36-22-7-9-34-28(13-22)39-10-8-27(24(33)17-39)45-12-11-41/h6-7,9,13-15,19-21,24,27,41H,1,8,10-12,16-18H2,2-5H3,(H,37,42)(H,34,35,36,38)/t20-,21-,24+,27-/m1/s1. The summed E-state index contributed by atoms with van der Waals surface area (Å²) in [5, 5.41) is 16.0. The third-order valence-corrected chi connectivity index (χ3v) is 9.61. The number of carbonyl (C=O) groups is 1. The number of aromatic nitrogens is 3. The Kier molecular flexibility index (Phi) is 10.1. The second-order valence-electron chi connectivity index (χ2n) is 12.3. The molecule has 2 fully saturated rings. The Morgan fingerprint density at radius 1 is 1.28 bits per heavy atom. The van der Waals surface area contributed by atoms with Crippen LogP contribution in [0.4, 0.5) is 33.2 Å². The number of hydrogen-bond acceptors (Lipinski definition) is 11. The zero-order valence-corrected chi connectivity index (χ0v) is 27.4. The molecule has 0 unspecified atom stereocenters. The number of sulfone groups is 1. The largest absolute Gasteiger partial charge is 0.394 e. The number of carbonyl (C=O) groups excluding carboxylic acids is 1. The number of alkyl halides is 1. The number of aliphatic hydroxyl groups excluding tert-OH is 1. The van der Waals surface area contributed by atoms with Gasteiger partial charge in [-0.15, -0.1) is 0 Å². The lowest BCUT2D eigenvalue weighted by molar-refractivity contribution is -0.111. The van der Waals surface area contributed by atoms with Gasteiger partial charge in [-0.05, 0) is 37.5 Å². The number of benzene rings is 1. The van der Waals surface area contributed by atoms with Crippen molar-refractivity contribution in [2.45, 2.75) is 51.4 Å². The van der Waals surface area contributed by atoms with Gasteiger partial charge in [0.1, 0.15) is 21.8 Å². The Balaban J connectivity index is 1.46. The van der Waals surface area contributed by atoms with Crippen molar-refractivity contribution in [1.82, 2.24) is 15.0 Å². The average molecular weight is 656 g/mol. The third kappa shape index (κ3) is 7.39. The fourth-order valence-corrected chi connectivity index (χ4v) is 7.39. The highest BCUT2D eigenvalue weighted by Crippen LogP contribution is 2.42. The minimum Gasteiger partial charge on any atom is -0.394 e. The summed E-state index contributed by atoms with van der Waals surface area (Å²) < 4.78 is 44.2. The molecular weight excluding hydrogens is 613 g/mol. The molecule has 2 aliphatic heterocycles. The van der Waals surface area contributed by atoms with Crippen LogP contribution in [-0.2, 0) is 19.4 Å². The summed E-state index contributed by atoms with van der Waals surface area (Å²) in [7, 11) is -3.13. The van der Waals surface area contributed by atoms with E-state index >= 15 is 0 Å². The van der Waals surface area contributed by atoms with Crippen LogP contribution in [-0.4, -0.2) is 97.6 Å². The molecule has 1 amide bonds. The Hall–Kier alpha value is -3.88. The van der Waals surface area contributed by atoms with Crippen LogP contribution >= 0.6 is 0 Å². The first kappa shape index (κ1) is 33.5. The lowest BCUT2D eigenvalue weighted by Crippen LogP contribution is -2.57. The number of nitrogens with one attached hydrogen (secondary N) is 2. The normalized spacial score (nSPS) is 21.7. The topological polar surface area (TPSA) is 150 Å². The second kappa shape index (κ2) is 13.9. The second-order valence-corrected chi connectivity index (χ2v) is 14.5. The molecule has 4 heterocycles. The molecule has 1 aromatic carbocycles. The number of hydrogen-bond donors (Lipinski definition) is 3. The van der Waals surface area contributed by atoms with Gasteiger partial charge in [0, 0.05) is 72.1 Å². The Bertz CT molecular complexity index is 1710. The highest BCUT2D eigenvalue weighted by atomic mass is 32.2. The molecule has 0 bridgehead atoms. The van der Waals surface area contributed by atoms with Crippen molar-refractivity contribution in [2.24, 2.45) is 5.92 Å². The van der Waals surface area contributed by atoms with Gasteiger partial charge < -0.3 is 30.3 Å². The summed E-state index contributed by atoms with van der Waals surface area (Å²) in [6.45, 7) is 10.8. The van der Waals surface area contributed by atoms with Crippen LogP contribution in [0.3, 0.4) is 0 Å². The Morgan fingerprint density at radius 2 is 2.07 bits per heavy atom. The van der Waals surface area contributed by atoms with Crippen LogP contribution in [0.1, 0.15) is 38.7 Å². The van der Waals surface area contributed by atoms with Crippen molar-refractivity contribution in [3.8, 4) is 0 Å². The van der Waals surface area contributed by atoms with E-state index in [0.29, 0.717) is 48.2 Å². The number of piperidine rings is 1. The zero-order valence-electron chi connectivity index (χ0n) is 26.6. The van der Waals surface area contributed by atoms with Crippen molar-refractivity contribution in [3.63, 3.8) is 0 Å². The number of nitrogens with zero attached hydrogens (tertiary/aromatic N) is 5. The number of halogens is 1. The van der Waals surface area contributed by atoms with E-state index in [4.69, 9.17) is 14.8 Å². The molecule has 0 aliphatic carbocycles. The fourth-order valence-electron chi connectivity index (χ4n) is 6.23. The van der Waals surface area contributed by atoms with Crippen molar-refractivity contribution in [2.75, 3.05) is 65.3 Å². The van der Waals surface area contributed by atoms with E-state index in [1.54, 1.807) is 18.5 Å². The maximum atomic E-state index is 14.8. The van der Waals surface area contributed by atoms with Crippen LogP contribution in [0, 0.1) is 5.92 Å². The zero-order chi connectivity index (χ0) is 33.2. The van der Waals surface area contributed by atoms with Gasteiger partial charge in [0.25, 0.3) is 0 Å². The van der Waals surface area contributed by atoms with Gasteiger partial charge in [-0.3, -0.25) is 4.79 Å². The molecule has 12 nitrogen and oxygen atoms in total. The summed E-state index contributed by atoms with van der Waals surface area (Å²) >= 11 is 0. The van der Waals surface area contributed by atoms with E-state index in [1.165, 1.54) is 12.3 Å². The van der Waals surface area contributed by atoms with E-state index in [2.05, 4.69) is 32.1 Å². The van der Waals surface area contributed by atoms with Crippen LogP contribution in [0.2, 0.25) is 0 Å². The summed E-state index contributed by atoms with van der Waals surface area (Å²) in [6.07, 6.45) is 4.56. The van der Waals surface area contributed by atoms with Crippen LogP contribution < -0.4 is 20.4 Å². The van der Waals surface area contributed by atoms with Gasteiger partial charge in [0.15, 0.2) is 0 Å². The smallest absolute Gasteiger partial charge is 0.247 e. The number of pyridine rings is 1. The maximum absolute atomic E-state index is 14.8. The van der Waals surface area contributed by atoms with Crippen molar-refractivity contribution in [1.29, 1.82) is 0 Å². The number of fused-ring (bicyclic) bond motifs is 1. The minimum absolute atomic E-state index is 0.0170. The molecule has 248 valence electrons. The first-order chi connectivity index (χ1) is 21.9. The quantitative estimate of drug-likeness (QED) is 0.245. The molecule has 0 radical (unpaired) electrons. The lowest BCUT2D eigenvalue weighted by Gasteiger charge is -2.48. The van der Waals surface area contributed by atoms with Gasteiger partial charge in [0.05, 0.1) is 42.8 Å². The molecule has 2 aromatic heterocycles. The summed E-state index contributed by atoms with van der Waals surface area (Å²) in [5.41, 5.74) is 3.56. The lowest BCUT2D eigenvalue weighted by atomic mass is 9.89. The van der Waals surface area contributed by atoms with Gasteiger partial charge in [-0.1, -0.05) is 20.4 Å². The monoisotopic (exact) mass is 655 g/mol. The Labute approximate surface area is 269 Å². The molecule has 4 atom stereocenters. The van der Waals surface area contributed by atoms with Gasteiger partial charge in [-0.25, -0.2) is 27.8 Å². The van der Waals surface area contributed by atoms with E-state index in [-0.39, 0.29) is 49.3 Å². The predicted molar refractivity (Wildman–Crippen MR) is 179 cm³/mol. The number of amides is 1. The molecule has 46 heavy (non-hydrogen) atoms. The van der Waals surface area contributed by atoms with Gasteiger partial charge >= 0.3 is 0 Å². The molecule has 2 saturated heterocycles. The van der Waals surface area contributed by atoms with E-state index < -0.39 is 22.1 Å². The summed E-state index contributed by atoms with van der Waals surface area (Å²) in [5.74, 6) is 0.647. The molecule has 14 heteroatoms. The van der Waals surface area contributed by atoms with E-state index in [1.807, 2.05) is 37.8 Å². The number of anilines is 5. The molecule has 0 saturated carbocycles. The van der Waals surface area contributed by atoms with Crippen LogP contribution in [0.5, 0.6) is 0 Å². The van der Waals surface area contributed by atoms with E-state index in [0.717, 1.165) is 16.6 Å². The Morgan fingerprint density at radius 3 is 2.72 bits per heavy atom. The minimum atomic E-state index is -3.13. The van der Waals surface area contributed by atoms with E-state index in [9.17, 15) is 17.6 Å². The first-order valence-electron chi connectivity index (χ1n) is 15.4. The third-order valence-electron chi connectivity index (χ3n) is 8.57. The highest BCUT2D eigenvalue weighted by Gasteiger charge is 2.39. The van der Waals surface area contributed by atoms with Gasteiger partial charge in [0.2, 0.25) is 11.9 Å². The summed E-state index contributed by atoms with van der Waals surface area (Å²) in [4.78, 5) is 30.5. The maximum Gasteiger partial charge on any atom is 0.247 e. The predicted octanol–water partition coefficient (Wildman–Crippen LogP) is 3.81. The molecule has 5 rings (SSSR count). The molecule has 3 aromatic rings. The molecule has 2 aliphatic rings. The molecular formula is C32H42FN7O5S. The number of ether oxygens (including phenoxy) is 1. The van der Waals surface area contributed by atoms with Crippen molar-refractivity contribution < 1.29 is 27.4 Å². The van der Waals surface area contributed by atoms with Crippen molar-refractivity contribution in [3.05, 3.63) is 48.8 Å². The van der Waals surface area contributed by atoms with Crippen LogP contribution in [0.15, 0.2) is 43.2 Å². The van der Waals surface area contributed by atoms with Crippen LogP contribution in [0.25, 0.3) is 10.9 Å². The fraction of sp³-hybridized carbons (Fsp3) is 0.500. The average Bonchev–Trinajstić information content (AvgIpc) is 3.01. The number of rotatable bonds is 12. The highest BCUT2D eigenvalue weighted by molar-refractivity contribution is 7.90. The molecule has 3 N–H and O–H groups in total. The van der Waals surface area contributed by atoms with Gasteiger partial charge in [-0.2, -0.15) is 0 Å². The first-order valence-corrected chi connectivity index (χ1v) is 17.5. The molecule has 0 spiro atoms. The summed E-state index contributed by atoms with van der Waals surface area (Å²) in [6, 6.07) is 5.46.